The van der Waals surface area contributed by atoms with E-state index in [2.05, 4.69) is 25.8 Å². The van der Waals surface area contributed by atoms with Crippen LogP contribution in [0.1, 0.15) is 36.8 Å². The monoisotopic (exact) mass is 245 g/mol. The van der Waals surface area contributed by atoms with Gasteiger partial charge in [-0.05, 0) is 11.0 Å². The number of aromatic nitrogens is 1. The average molecular weight is 245 g/mol. The molecule has 1 N–H and O–H groups in total. The first kappa shape index (κ1) is 12.4. The number of carboxylic acids is 1. The van der Waals surface area contributed by atoms with Crippen molar-refractivity contribution in [2.45, 2.75) is 26.2 Å². The van der Waals surface area contributed by atoms with Crippen LogP contribution in [0.5, 0.6) is 0 Å². The number of rotatable bonds is 2. The maximum absolute atomic E-state index is 11.0. The molecule has 1 aromatic heterocycles. The second-order valence-electron chi connectivity index (χ2n) is 5.16. The standard InChI is InChI=1S/C14H15NO3/c1-14(2,3)10-6-4-9(5-7-10)12-11(13(16)17)15-8-18-12/h4-8H,1-3H3,(H,16,17). The third-order valence-electron chi connectivity index (χ3n) is 2.78. The summed E-state index contributed by atoms with van der Waals surface area (Å²) in [5.41, 5.74) is 1.91. The number of hydrogen-bond acceptors (Lipinski definition) is 3. The first-order valence-corrected chi connectivity index (χ1v) is 5.67. The molecule has 0 radical (unpaired) electrons. The molecule has 0 amide bonds. The molecular formula is C14H15NO3. The third kappa shape index (κ3) is 2.27. The second-order valence-corrected chi connectivity index (χ2v) is 5.16. The minimum atomic E-state index is -1.08. The highest BCUT2D eigenvalue weighted by molar-refractivity contribution is 5.92. The van der Waals surface area contributed by atoms with Crippen LogP contribution in [0.25, 0.3) is 11.3 Å². The zero-order chi connectivity index (χ0) is 13.3. The second kappa shape index (κ2) is 4.29. The Labute approximate surface area is 105 Å². The highest BCUT2D eigenvalue weighted by atomic mass is 16.4. The molecule has 2 rings (SSSR count). The maximum atomic E-state index is 11.0. The highest BCUT2D eigenvalue weighted by Crippen LogP contribution is 2.27. The van der Waals surface area contributed by atoms with Gasteiger partial charge < -0.3 is 9.52 Å². The Morgan fingerprint density at radius 3 is 2.33 bits per heavy atom. The Balaban J connectivity index is 2.41. The molecule has 0 aliphatic heterocycles. The van der Waals surface area contributed by atoms with Crippen molar-refractivity contribution in [1.29, 1.82) is 0 Å². The van der Waals surface area contributed by atoms with Crippen LogP contribution in [-0.4, -0.2) is 16.1 Å². The van der Waals surface area contributed by atoms with Crippen molar-refractivity contribution >= 4 is 5.97 Å². The number of benzene rings is 1. The first-order valence-electron chi connectivity index (χ1n) is 5.67. The van der Waals surface area contributed by atoms with Gasteiger partial charge in [0.15, 0.2) is 17.8 Å². The summed E-state index contributed by atoms with van der Waals surface area (Å²) < 4.78 is 5.15. The van der Waals surface area contributed by atoms with Crippen molar-refractivity contribution < 1.29 is 14.3 Å². The molecule has 2 aromatic rings. The molecule has 4 heteroatoms. The van der Waals surface area contributed by atoms with Crippen LogP contribution in [0.15, 0.2) is 35.1 Å². The van der Waals surface area contributed by atoms with E-state index in [1.165, 1.54) is 5.56 Å². The third-order valence-corrected chi connectivity index (χ3v) is 2.78. The number of aromatic carboxylic acids is 1. The fourth-order valence-corrected chi connectivity index (χ4v) is 1.72. The molecule has 94 valence electrons. The SMILES string of the molecule is CC(C)(C)c1ccc(-c2ocnc2C(=O)O)cc1. The number of hydrogen-bond donors (Lipinski definition) is 1. The van der Waals surface area contributed by atoms with Gasteiger partial charge in [0.1, 0.15) is 0 Å². The fraction of sp³-hybridized carbons (Fsp3) is 0.286. The number of nitrogens with zero attached hydrogens (tertiary/aromatic N) is 1. The lowest BCUT2D eigenvalue weighted by Gasteiger charge is -2.18. The van der Waals surface area contributed by atoms with Crippen molar-refractivity contribution in [1.82, 2.24) is 4.98 Å². The van der Waals surface area contributed by atoms with Gasteiger partial charge in [-0.25, -0.2) is 9.78 Å². The predicted molar refractivity (Wildman–Crippen MR) is 67.6 cm³/mol. The topological polar surface area (TPSA) is 63.3 Å². The maximum Gasteiger partial charge on any atom is 0.358 e. The Kier molecular flexibility index (Phi) is 2.95. The highest BCUT2D eigenvalue weighted by Gasteiger charge is 2.18. The van der Waals surface area contributed by atoms with Gasteiger partial charge in [-0.2, -0.15) is 0 Å². The van der Waals surface area contributed by atoms with Gasteiger partial charge in [-0.3, -0.25) is 0 Å². The summed E-state index contributed by atoms with van der Waals surface area (Å²) in [7, 11) is 0. The van der Waals surface area contributed by atoms with E-state index in [0.717, 1.165) is 12.0 Å². The molecule has 0 fully saturated rings. The van der Waals surface area contributed by atoms with Crippen LogP contribution in [0.2, 0.25) is 0 Å². The van der Waals surface area contributed by atoms with Gasteiger partial charge in [0.25, 0.3) is 0 Å². The molecule has 0 unspecified atom stereocenters. The molecular weight excluding hydrogens is 230 g/mol. The minimum Gasteiger partial charge on any atom is -0.476 e. The van der Waals surface area contributed by atoms with Crippen LogP contribution >= 0.6 is 0 Å². The predicted octanol–water partition coefficient (Wildman–Crippen LogP) is 3.34. The van der Waals surface area contributed by atoms with E-state index in [4.69, 9.17) is 9.52 Å². The normalized spacial score (nSPS) is 11.5. The number of carbonyl (C=O) groups is 1. The van der Waals surface area contributed by atoms with Gasteiger partial charge in [0, 0.05) is 5.56 Å². The molecule has 0 bridgehead atoms. The van der Waals surface area contributed by atoms with Gasteiger partial charge >= 0.3 is 5.97 Å². The quantitative estimate of drug-likeness (QED) is 0.881. The Morgan fingerprint density at radius 1 is 1.22 bits per heavy atom. The molecule has 0 saturated carbocycles. The van der Waals surface area contributed by atoms with Gasteiger partial charge in [0.05, 0.1) is 0 Å². The van der Waals surface area contributed by atoms with Crippen molar-refractivity contribution in [2.75, 3.05) is 0 Å². The summed E-state index contributed by atoms with van der Waals surface area (Å²) in [6.07, 6.45) is 1.15. The van der Waals surface area contributed by atoms with Crippen LogP contribution in [0, 0.1) is 0 Å². The molecule has 0 atom stereocenters. The summed E-state index contributed by atoms with van der Waals surface area (Å²) >= 11 is 0. The lowest BCUT2D eigenvalue weighted by molar-refractivity contribution is 0.0691. The van der Waals surface area contributed by atoms with Gasteiger partial charge in [-0.15, -0.1) is 0 Å². The summed E-state index contributed by atoms with van der Waals surface area (Å²) in [5.74, 6) is -0.790. The van der Waals surface area contributed by atoms with Crippen molar-refractivity contribution in [3.05, 3.63) is 41.9 Å². The largest absolute Gasteiger partial charge is 0.476 e. The van der Waals surface area contributed by atoms with E-state index >= 15 is 0 Å². The summed E-state index contributed by atoms with van der Waals surface area (Å²) in [5, 5.41) is 8.98. The van der Waals surface area contributed by atoms with Gasteiger partial charge in [-0.1, -0.05) is 45.0 Å². The molecule has 18 heavy (non-hydrogen) atoms. The first-order chi connectivity index (χ1) is 8.39. The Bertz CT molecular complexity index is 561. The minimum absolute atomic E-state index is 0.0569. The number of carboxylic acid groups (broad SMARTS) is 1. The summed E-state index contributed by atoms with van der Waals surface area (Å²) in [6.45, 7) is 6.37. The zero-order valence-electron chi connectivity index (χ0n) is 10.6. The molecule has 0 saturated heterocycles. The molecule has 4 nitrogen and oxygen atoms in total. The molecule has 0 aliphatic rings. The van der Waals surface area contributed by atoms with Crippen molar-refractivity contribution in [3.8, 4) is 11.3 Å². The smallest absolute Gasteiger partial charge is 0.358 e. The average Bonchev–Trinajstić information content (AvgIpc) is 2.77. The molecule has 1 heterocycles. The Morgan fingerprint density at radius 2 is 1.83 bits per heavy atom. The van der Waals surface area contributed by atoms with Crippen LogP contribution < -0.4 is 0 Å². The van der Waals surface area contributed by atoms with Crippen LogP contribution in [0.3, 0.4) is 0 Å². The lowest BCUT2D eigenvalue weighted by atomic mass is 9.86. The fourth-order valence-electron chi connectivity index (χ4n) is 1.72. The number of oxazole rings is 1. The zero-order valence-corrected chi connectivity index (χ0v) is 10.6. The van der Waals surface area contributed by atoms with E-state index < -0.39 is 5.97 Å². The molecule has 1 aromatic carbocycles. The summed E-state index contributed by atoms with van der Waals surface area (Å²) in [4.78, 5) is 14.7. The molecule has 0 spiro atoms. The molecule has 0 aliphatic carbocycles. The van der Waals surface area contributed by atoms with E-state index in [-0.39, 0.29) is 11.1 Å². The van der Waals surface area contributed by atoms with E-state index in [0.29, 0.717) is 5.76 Å². The van der Waals surface area contributed by atoms with Crippen LogP contribution in [0.4, 0.5) is 0 Å². The van der Waals surface area contributed by atoms with E-state index in [9.17, 15) is 4.79 Å². The Hall–Kier alpha value is -2.10. The van der Waals surface area contributed by atoms with E-state index in [1.54, 1.807) is 0 Å². The van der Waals surface area contributed by atoms with Crippen molar-refractivity contribution in [3.63, 3.8) is 0 Å². The lowest BCUT2D eigenvalue weighted by Crippen LogP contribution is -2.10. The van der Waals surface area contributed by atoms with Gasteiger partial charge in [0.2, 0.25) is 0 Å². The van der Waals surface area contributed by atoms with Crippen molar-refractivity contribution in [2.24, 2.45) is 0 Å². The summed E-state index contributed by atoms with van der Waals surface area (Å²) in [6, 6.07) is 7.66. The van der Waals surface area contributed by atoms with Crippen LogP contribution in [-0.2, 0) is 5.41 Å². The van der Waals surface area contributed by atoms with E-state index in [1.807, 2.05) is 24.3 Å².